The summed E-state index contributed by atoms with van der Waals surface area (Å²) in [4.78, 5) is 4.25. The van der Waals surface area contributed by atoms with Crippen LogP contribution in [0.1, 0.15) is 22.9 Å². The van der Waals surface area contributed by atoms with Gasteiger partial charge < -0.3 is 0 Å². The second-order valence-electron chi connectivity index (χ2n) is 4.00. The Labute approximate surface area is 119 Å². The molecule has 1 atom stereocenters. The van der Waals surface area contributed by atoms with E-state index in [0.29, 0.717) is 0 Å². The Morgan fingerprint density at radius 3 is 2.67 bits per heavy atom. The maximum absolute atomic E-state index is 13.1. The van der Waals surface area contributed by atoms with Gasteiger partial charge in [-0.05, 0) is 58.8 Å². The summed E-state index contributed by atoms with van der Waals surface area (Å²) in [6.07, 6.45) is 1.78. The Kier molecular flexibility index (Phi) is 4.26. The summed E-state index contributed by atoms with van der Waals surface area (Å²) in [5, 5.41) is 0. The lowest BCUT2D eigenvalue weighted by Crippen LogP contribution is -2.29. The molecule has 1 aromatic heterocycles. The van der Waals surface area contributed by atoms with Gasteiger partial charge >= 0.3 is 0 Å². The number of nitrogens with zero attached hydrogens (tertiary/aromatic N) is 1. The Morgan fingerprint density at radius 1 is 1.33 bits per heavy atom. The summed E-state index contributed by atoms with van der Waals surface area (Å²) in [5.41, 5.74) is 5.58. The average molecular weight is 357 g/mol. The Balaban J connectivity index is 2.41. The van der Waals surface area contributed by atoms with Crippen molar-refractivity contribution >= 4 is 22.6 Å². The smallest absolute Gasteiger partial charge is 0.124 e. The molecule has 0 bridgehead atoms. The summed E-state index contributed by atoms with van der Waals surface area (Å²) in [6.45, 7) is 1.93. The van der Waals surface area contributed by atoms with Crippen molar-refractivity contribution in [1.29, 1.82) is 0 Å². The van der Waals surface area contributed by atoms with Crippen LogP contribution in [0.3, 0.4) is 0 Å². The number of nitrogens with one attached hydrogen (secondary N) is 1. The lowest BCUT2D eigenvalue weighted by Gasteiger charge is -2.18. The van der Waals surface area contributed by atoms with Crippen LogP contribution in [-0.4, -0.2) is 4.98 Å². The van der Waals surface area contributed by atoms with E-state index in [0.717, 1.165) is 20.4 Å². The number of hydrogen-bond donors (Lipinski definition) is 2. The number of pyridine rings is 1. The van der Waals surface area contributed by atoms with Crippen molar-refractivity contribution in [3.63, 3.8) is 0 Å². The summed E-state index contributed by atoms with van der Waals surface area (Å²) in [5.74, 6) is 5.36. The largest absolute Gasteiger partial charge is 0.271 e. The molecule has 0 saturated carbocycles. The van der Waals surface area contributed by atoms with Crippen LogP contribution in [0, 0.1) is 16.3 Å². The van der Waals surface area contributed by atoms with E-state index in [-0.39, 0.29) is 11.9 Å². The first kappa shape index (κ1) is 13.4. The summed E-state index contributed by atoms with van der Waals surface area (Å²) >= 11 is 2.10. The Bertz CT molecular complexity index is 542. The van der Waals surface area contributed by atoms with E-state index in [2.05, 4.69) is 33.0 Å². The van der Waals surface area contributed by atoms with Gasteiger partial charge in [0.2, 0.25) is 0 Å². The van der Waals surface area contributed by atoms with Gasteiger partial charge in [0, 0.05) is 15.5 Å². The van der Waals surface area contributed by atoms with Crippen LogP contribution in [0.4, 0.5) is 4.39 Å². The minimum absolute atomic E-state index is 0.189. The van der Waals surface area contributed by atoms with E-state index in [1.807, 2.05) is 19.1 Å². The predicted octanol–water partition coefficient (Wildman–Crippen LogP) is 2.69. The second-order valence-corrected chi connectivity index (χ2v) is 5.16. The fourth-order valence-corrected chi connectivity index (χ4v) is 2.54. The van der Waals surface area contributed by atoms with Crippen LogP contribution in [0.2, 0.25) is 0 Å². The quantitative estimate of drug-likeness (QED) is 0.505. The molecule has 2 aromatic rings. The first-order valence-electron chi connectivity index (χ1n) is 5.45. The van der Waals surface area contributed by atoms with Gasteiger partial charge in [-0.1, -0.05) is 12.1 Å². The zero-order valence-corrected chi connectivity index (χ0v) is 12.0. The van der Waals surface area contributed by atoms with Crippen molar-refractivity contribution in [1.82, 2.24) is 10.4 Å². The Hall–Kier alpha value is -1.05. The number of rotatable bonds is 3. The van der Waals surface area contributed by atoms with Crippen LogP contribution in [0.5, 0.6) is 0 Å². The van der Waals surface area contributed by atoms with Gasteiger partial charge in [0.15, 0.2) is 0 Å². The number of aryl methyl sites for hydroxylation is 1. The molecule has 0 radical (unpaired) electrons. The van der Waals surface area contributed by atoms with Crippen molar-refractivity contribution in [3.8, 4) is 0 Å². The van der Waals surface area contributed by atoms with E-state index in [9.17, 15) is 4.39 Å². The Morgan fingerprint density at radius 2 is 2.11 bits per heavy atom. The fraction of sp³-hybridized carbons (Fsp3) is 0.154. The third-order valence-corrected chi connectivity index (χ3v) is 3.64. The first-order chi connectivity index (χ1) is 8.61. The predicted molar refractivity (Wildman–Crippen MR) is 77.3 cm³/mol. The number of aromatic nitrogens is 1. The molecule has 3 nitrogen and oxygen atoms in total. The van der Waals surface area contributed by atoms with Gasteiger partial charge in [0.25, 0.3) is 0 Å². The second kappa shape index (κ2) is 5.73. The van der Waals surface area contributed by atoms with Gasteiger partial charge in [-0.15, -0.1) is 0 Å². The lowest BCUT2D eigenvalue weighted by molar-refractivity contribution is 0.611. The minimum atomic E-state index is -0.249. The summed E-state index contributed by atoms with van der Waals surface area (Å²) in [7, 11) is 0. The van der Waals surface area contributed by atoms with Gasteiger partial charge in [-0.2, -0.15) is 0 Å². The van der Waals surface area contributed by atoms with E-state index in [1.54, 1.807) is 12.3 Å². The first-order valence-corrected chi connectivity index (χ1v) is 6.53. The molecule has 0 aliphatic rings. The molecule has 5 heteroatoms. The fourth-order valence-electron chi connectivity index (χ4n) is 1.75. The third-order valence-electron chi connectivity index (χ3n) is 2.71. The van der Waals surface area contributed by atoms with E-state index in [4.69, 9.17) is 5.84 Å². The van der Waals surface area contributed by atoms with Gasteiger partial charge in [0.05, 0.1) is 6.04 Å². The maximum atomic E-state index is 13.1. The number of hydrazine groups is 1. The standard InChI is InChI=1S/C13H13FIN3/c1-8-2-3-9(7-17-8)13(18-16)11-5-4-10(14)6-12(11)15/h2-7,13,18H,16H2,1H3. The molecular weight excluding hydrogens is 344 g/mol. The molecular formula is C13H13FIN3. The highest BCUT2D eigenvalue weighted by Gasteiger charge is 2.15. The van der Waals surface area contributed by atoms with Crippen LogP contribution in [-0.2, 0) is 0 Å². The average Bonchev–Trinajstić information content (AvgIpc) is 2.35. The van der Waals surface area contributed by atoms with Crippen LogP contribution < -0.4 is 11.3 Å². The molecule has 0 saturated heterocycles. The normalized spacial score (nSPS) is 12.4. The molecule has 0 aliphatic carbocycles. The highest BCUT2D eigenvalue weighted by atomic mass is 127. The number of hydrogen-bond acceptors (Lipinski definition) is 3. The van der Waals surface area contributed by atoms with Crippen molar-refractivity contribution in [2.45, 2.75) is 13.0 Å². The zero-order chi connectivity index (χ0) is 13.1. The van der Waals surface area contributed by atoms with E-state index < -0.39 is 0 Å². The van der Waals surface area contributed by atoms with Gasteiger partial charge in [0.1, 0.15) is 5.82 Å². The SMILES string of the molecule is Cc1ccc(C(NN)c2ccc(F)cc2I)cn1. The van der Waals surface area contributed by atoms with E-state index >= 15 is 0 Å². The molecule has 0 fully saturated rings. The molecule has 1 heterocycles. The van der Waals surface area contributed by atoms with E-state index in [1.165, 1.54) is 12.1 Å². The van der Waals surface area contributed by atoms with Crippen LogP contribution in [0.15, 0.2) is 36.5 Å². The van der Waals surface area contributed by atoms with Gasteiger partial charge in [-0.3, -0.25) is 10.8 Å². The highest BCUT2D eigenvalue weighted by molar-refractivity contribution is 14.1. The lowest BCUT2D eigenvalue weighted by atomic mass is 10.0. The molecule has 1 aromatic carbocycles. The van der Waals surface area contributed by atoms with Crippen LogP contribution >= 0.6 is 22.6 Å². The topological polar surface area (TPSA) is 50.9 Å². The molecule has 2 rings (SSSR count). The molecule has 1 unspecified atom stereocenters. The number of benzene rings is 1. The maximum Gasteiger partial charge on any atom is 0.124 e. The van der Waals surface area contributed by atoms with Gasteiger partial charge in [-0.25, -0.2) is 9.82 Å². The zero-order valence-electron chi connectivity index (χ0n) is 9.82. The minimum Gasteiger partial charge on any atom is -0.271 e. The van der Waals surface area contributed by atoms with Crippen molar-refractivity contribution in [3.05, 3.63) is 62.7 Å². The van der Waals surface area contributed by atoms with Crippen molar-refractivity contribution in [2.24, 2.45) is 5.84 Å². The molecule has 94 valence electrons. The van der Waals surface area contributed by atoms with Crippen LogP contribution in [0.25, 0.3) is 0 Å². The molecule has 18 heavy (non-hydrogen) atoms. The van der Waals surface area contributed by atoms with Crippen molar-refractivity contribution < 1.29 is 4.39 Å². The third kappa shape index (κ3) is 2.85. The van der Waals surface area contributed by atoms with Crippen molar-refractivity contribution in [2.75, 3.05) is 0 Å². The molecule has 0 aliphatic heterocycles. The monoisotopic (exact) mass is 357 g/mol. The molecule has 0 amide bonds. The summed E-state index contributed by atoms with van der Waals surface area (Å²) < 4.78 is 13.9. The molecule has 0 spiro atoms. The highest BCUT2D eigenvalue weighted by Crippen LogP contribution is 2.25. The number of nitrogens with two attached hydrogens (primary N) is 1. The number of halogens is 2. The summed E-state index contributed by atoms with van der Waals surface area (Å²) in [6, 6.07) is 8.36. The molecule has 3 N–H and O–H groups in total.